The van der Waals surface area contributed by atoms with Crippen LogP contribution in [0.2, 0.25) is 0 Å². The van der Waals surface area contributed by atoms with Crippen LogP contribution in [0.15, 0.2) is 54.6 Å². The minimum Gasteiger partial charge on any atom is -0.373 e. The molecule has 2 heterocycles. The third kappa shape index (κ3) is 3.94. The molecule has 6 heteroatoms. The molecule has 2 atom stereocenters. The number of rotatable bonds is 4. The van der Waals surface area contributed by atoms with Crippen molar-refractivity contribution in [3.63, 3.8) is 0 Å². The number of aryl methyl sites for hydroxylation is 1. The number of hydrogen-bond acceptors (Lipinski definition) is 4. The van der Waals surface area contributed by atoms with Crippen molar-refractivity contribution >= 4 is 12.2 Å². The molecule has 28 heavy (non-hydrogen) atoms. The largest absolute Gasteiger partial charge is 0.373 e. The minimum absolute atomic E-state index is 0.214. The van der Waals surface area contributed by atoms with Gasteiger partial charge in [-0.1, -0.05) is 48.0 Å². The van der Waals surface area contributed by atoms with Crippen molar-refractivity contribution in [1.29, 1.82) is 0 Å². The molecule has 0 radical (unpaired) electrons. The van der Waals surface area contributed by atoms with Gasteiger partial charge in [-0.15, -0.1) is 5.10 Å². The molecule has 1 saturated heterocycles. The average molecular weight is 395 g/mol. The maximum atomic E-state index is 5.86. The van der Waals surface area contributed by atoms with E-state index in [0.29, 0.717) is 11.4 Å². The molecular weight excluding hydrogens is 368 g/mol. The predicted molar refractivity (Wildman–Crippen MR) is 114 cm³/mol. The van der Waals surface area contributed by atoms with Gasteiger partial charge in [0.25, 0.3) is 0 Å². The van der Waals surface area contributed by atoms with Crippen molar-refractivity contribution in [3.8, 4) is 17.1 Å². The molecule has 1 aliphatic heterocycles. The fraction of sp³-hybridized carbons (Fsp3) is 0.364. The van der Waals surface area contributed by atoms with Gasteiger partial charge in [-0.2, -0.15) is 0 Å². The summed E-state index contributed by atoms with van der Waals surface area (Å²) in [5.74, 6) is 0.866. The lowest BCUT2D eigenvalue weighted by molar-refractivity contribution is -0.0777. The van der Waals surface area contributed by atoms with E-state index >= 15 is 0 Å². The molecule has 0 bridgehead atoms. The van der Waals surface area contributed by atoms with Gasteiger partial charge in [-0.3, -0.25) is 9.47 Å². The molecule has 1 fully saturated rings. The van der Waals surface area contributed by atoms with Gasteiger partial charge in [0.05, 0.1) is 18.9 Å². The van der Waals surface area contributed by atoms with Crippen LogP contribution in [0.5, 0.6) is 0 Å². The summed E-state index contributed by atoms with van der Waals surface area (Å²) in [6.45, 7) is 8.74. The molecule has 146 valence electrons. The Labute approximate surface area is 171 Å². The molecule has 5 nitrogen and oxygen atoms in total. The van der Waals surface area contributed by atoms with E-state index in [9.17, 15) is 0 Å². The molecule has 0 N–H and O–H groups in total. The maximum absolute atomic E-state index is 5.86. The predicted octanol–water partition coefficient (Wildman–Crippen LogP) is 4.45. The SMILES string of the molecule is Cc1ccc(-c2nn(CN3C[C@@H](C)O[C@@H](C)C3)c(=S)n2-c2ccccc2)cc1. The molecule has 2 aromatic carbocycles. The first-order valence-corrected chi connectivity index (χ1v) is 10.1. The van der Waals surface area contributed by atoms with Gasteiger partial charge in [-0.25, -0.2) is 4.68 Å². The fourth-order valence-electron chi connectivity index (χ4n) is 3.79. The van der Waals surface area contributed by atoms with Crippen LogP contribution in [0.4, 0.5) is 0 Å². The summed E-state index contributed by atoms with van der Waals surface area (Å²) in [5, 5.41) is 4.92. The Kier molecular flexibility index (Phi) is 5.44. The minimum atomic E-state index is 0.214. The summed E-state index contributed by atoms with van der Waals surface area (Å²) in [4.78, 5) is 2.36. The zero-order chi connectivity index (χ0) is 19.7. The average Bonchev–Trinajstić information content (AvgIpc) is 2.98. The zero-order valence-electron chi connectivity index (χ0n) is 16.6. The highest BCUT2D eigenvalue weighted by atomic mass is 32.1. The van der Waals surface area contributed by atoms with Crippen LogP contribution in [0.3, 0.4) is 0 Å². The van der Waals surface area contributed by atoms with Crippen molar-refractivity contribution in [2.75, 3.05) is 13.1 Å². The van der Waals surface area contributed by atoms with Crippen molar-refractivity contribution < 1.29 is 4.74 Å². The molecular formula is C22H26N4OS. The second-order valence-corrected chi connectivity index (χ2v) is 7.94. The van der Waals surface area contributed by atoms with Gasteiger partial charge < -0.3 is 4.74 Å². The van der Waals surface area contributed by atoms with E-state index in [-0.39, 0.29) is 12.2 Å². The molecule has 4 rings (SSSR count). The standard InChI is InChI=1S/C22H26N4OS/c1-16-9-11-19(12-10-16)21-23-25(15-24-13-17(2)27-18(3)14-24)22(28)26(21)20-7-5-4-6-8-20/h4-12,17-18H,13-15H2,1-3H3/t17-,18+. The molecule has 0 unspecified atom stereocenters. The highest BCUT2D eigenvalue weighted by Crippen LogP contribution is 2.23. The van der Waals surface area contributed by atoms with Crippen molar-refractivity contribution in [2.45, 2.75) is 39.6 Å². The van der Waals surface area contributed by atoms with Crippen LogP contribution >= 0.6 is 12.2 Å². The lowest BCUT2D eigenvalue weighted by atomic mass is 10.1. The summed E-state index contributed by atoms with van der Waals surface area (Å²) in [7, 11) is 0. The summed E-state index contributed by atoms with van der Waals surface area (Å²) in [6, 6.07) is 18.6. The van der Waals surface area contributed by atoms with Gasteiger partial charge in [0.2, 0.25) is 4.77 Å². The first-order chi connectivity index (χ1) is 13.5. The van der Waals surface area contributed by atoms with E-state index in [2.05, 4.69) is 66.6 Å². The van der Waals surface area contributed by atoms with Crippen LogP contribution in [-0.4, -0.2) is 44.5 Å². The molecule has 0 aliphatic carbocycles. The summed E-state index contributed by atoms with van der Waals surface area (Å²) < 4.78 is 10.6. The second-order valence-electron chi connectivity index (χ2n) is 7.58. The van der Waals surface area contributed by atoms with Gasteiger partial charge in [0.15, 0.2) is 5.82 Å². The summed E-state index contributed by atoms with van der Waals surface area (Å²) in [6.07, 6.45) is 0.427. The van der Waals surface area contributed by atoms with E-state index in [1.807, 2.05) is 22.9 Å². The highest BCUT2D eigenvalue weighted by Gasteiger charge is 2.24. The highest BCUT2D eigenvalue weighted by molar-refractivity contribution is 7.71. The fourth-order valence-corrected chi connectivity index (χ4v) is 4.08. The number of benzene rings is 2. The van der Waals surface area contributed by atoms with Gasteiger partial charge in [0, 0.05) is 24.3 Å². The molecule has 3 aromatic rings. The Hall–Kier alpha value is -2.28. The number of hydrogen-bond donors (Lipinski definition) is 0. The lowest BCUT2D eigenvalue weighted by Crippen LogP contribution is -2.46. The van der Waals surface area contributed by atoms with Crippen LogP contribution in [0.1, 0.15) is 19.4 Å². The number of morpholine rings is 1. The zero-order valence-corrected chi connectivity index (χ0v) is 17.4. The van der Waals surface area contributed by atoms with Crippen molar-refractivity contribution in [2.24, 2.45) is 0 Å². The van der Waals surface area contributed by atoms with Crippen molar-refractivity contribution in [3.05, 3.63) is 64.9 Å². The number of aromatic nitrogens is 3. The topological polar surface area (TPSA) is 35.2 Å². The Balaban J connectivity index is 1.76. The number of para-hydroxylation sites is 1. The van der Waals surface area contributed by atoms with E-state index in [4.69, 9.17) is 22.1 Å². The monoisotopic (exact) mass is 394 g/mol. The maximum Gasteiger partial charge on any atom is 0.204 e. The Morgan fingerprint density at radius 3 is 2.29 bits per heavy atom. The van der Waals surface area contributed by atoms with Crippen LogP contribution in [0.25, 0.3) is 17.1 Å². The third-order valence-corrected chi connectivity index (χ3v) is 5.39. The molecule has 0 saturated carbocycles. The molecule has 0 amide bonds. The number of ether oxygens (including phenoxy) is 1. The first-order valence-electron chi connectivity index (χ1n) is 9.71. The first kappa shape index (κ1) is 19.1. The van der Waals surface area contributed by atoms with E-state index in [0.717, 1.165) is 30.2 Å². The van der Waals surface area contributed by atoms with Gasteiger partial charge >= 0.3 is 0 Å². The molecule has 1 aromatic heterocycles. The van der Waals surface area contributed by atoms with Crippen LogP contribution in [-0.2, 0) is 11.4 Å². The van der Waals surface area contributed by atoms with Crippen LogP contribution < -0.4 is 0 Å². The normalized spacial score (nSPS) is 20.4. The van der Waals surface area contributed by atoms with E-state index < -0.39 is 0 Å². The Morgan fingerprint density at radius 1 is 1.00 bits per heavy atom. The van der Waals surface area contributed by atoms with E-state index in [1.165, 1.54) is 5.56 Å². The quantitative estimate of drug-likeness (QED) is 0.613. The van der Waals surface area contributed by atoms with Crippen LogP contribution in [0, 0.1) is 11.7 Å². The summed E-state index contributed by atoms with van der Waals surface area (Å²) >= 11 is 5.85. The summed E-state index contributed by atoms with van der Waals surface area (Å²) in [5.41, 5.74) is 3.31. The Bertz CT molecular complexity index is 984. The third-order valence-electron chi connectivity index (χ3n) is 4.99. The van der Waals surface area contributed by atoms with Gasteiger partial charge in [-0.05, 0) is 45.1 Å². The smallest absolute Gasteiger partial charge is 0.204 e. The molecule has 0 spiro atoms. The van der Waals surface area contributed by atoms with Crippen molar-refractivity contribution in [1.82, 2.24) is 19.2 Å². The van der Waals surface area contributed by atoms with Gasteiger partial charge in [0.1, 0.15) is 0 Å². The number of nitrogens with zero attached hydrogens (tertiary/aromatic N) is 4. The lowest BCUT2D eigenvalue weighted by Gasteiger charge is -2.34. The van der Waals surface area contributed by atoms with E-state index in [1.54, 1.807) is 0 Å². The second kappa shape index (κ2) is 7.99. The Morgan fingerprint density at radius 2 is 1.64 bits per heavy atom. The molecule has 1 aliphatic rings.